The molecule has 0 fully saturated rings. The molecule has 14 heteroatoms. The molecule has 0 amide bonds. The first-order chi connectivity index (χ1) is 12.8. The molecule has 0 heterocycles. The van der Waals surface area contributed by atoms with Gasteiger partial charge in [0.1, 0.15) is 5.75 Å². The average Bonchev–Trinajstić information content (AvgIpc) is 2.52. The Morgan fingerprint density at radius 2 is 1.38 bits per heavy atom. The summed E-state index contributed by atoms with van der Waals surface area (Å²) in [4.78, 5) is 10.9. The summed E-state index contributed by atoms with van der Waals surface area (Å²) in [5.41, 5.74) is -0.802. The number of hydrogen-bond acceptors (Lipinski definition) is 3. The van der Waals surface area contributed by atoms with Crippen molar-refractivity contribution in [2.75, 3.05) is 0 Å². The third-order valence-electron chi connectivity index (χ3n) is 3.59. The molecule has 166 valence electrons. The van der Waals surface area contributed by atoms with Crippen LogP contribution < -0.4 is 4.74 Å². The predicted octanol–water partition coefficient (Wildman–Crippen LogP) is 5.14. The van der Waals surface area contributed by atoms with E-state index in [0.717, 1.165) is 31.2 Å². The summed E-state index contributed by atoms with van der Waals surface area (Å²) in [5, 5.41) is 9.68. The van der Waals surface area contributed by atoms with Gasteiger partial charge in [-0.15, -0.1) is 0 Å². The quantitative estimate of drug-likeness (QED) is 0.357. The number of aliphatic hydroxyl groups excluding tert-OH is 1. The monoisotopic (exact) mass is 448 g/mol. The molecule has 1 aromatic rings. The van der Waals surface area contributed by atoms with Crippen LogP contribution >= 0.6 is 0 Å². The Balaban J connectivity index is 3.30. The van der Waals surface area contributed by atoms with Crippen molar-refractivity contribution in [3.8, 4) is 5.75 Å². The number of aliphatic hydroxyl groups is 1. The van der Waals surface area contributed by atoms with Crippen molar-refractivity contribution in [1.29, 1.82) is 0 Å². The highest BCUT2D eigenvalue weighted by molar-refractivity contribution is 5.69. The van der Waals surface area contributed by atoms with Crippen LogP contribution in [-0.4, -0.2) is 40.9 Å². The number of hydrogen-bond donors (Lipinski definition) is 1. The first-order valence-corrected chi connectivity index (χ1v) is 7.33. The van der Waals surface area contributed by atoms with Gasteiger partial charge in [0, 0.05) is 18.9 Å². The van der Waals surface area contributed by atoms with Crippen LogP contribution in [0.4, 0.5) is 48.3 Å². The van der Waals surface area contributed by atoms with E-state index in [1.165, 1.54) is 0 Å². The van der Waals surface area contributed by atoms with Crippen molar-refractivity contribution in [3.63, 3.8) is 0 Å². The number of carbonyl (C=O) groups is 1. The fourth-order valence-corrected chi connectivity index (χ4v) is 2.09. The van der Waals surface area contributed by atoms with E-state index >= 15 is 0 Å². The number of para-hydroxylation sites is 1. The summed E-state index contributed by atoms with van der Waals surface area (Å²) in [7, 11) is 0. The minimum atomic E-state index is -7.56. The highest BCUT2D eigenvalue weighted by Crippen LogP contribution is 2.58. The zero-order valence-electron chi connectivity index (χ0n) is 14.0. The maximum absolute atomic E-state index is 13.7. The van der Waals surface area contributed by atoms with E-state index in [9.17, 15) is 58.2 Å². The first-order valence-electron chi connectivity index (χ1n) is 7.33. The van der Waals surface area contributed by atoms with Gasteiger partial charge in [0.25, 0.3) is 0 Å². The molecule has 0 aliphatic heterocycles. The molecule has 0 saturated carbocycles. The van der Waals surface area contributed by atoms with E-state index in [4.69, 9.17) is 0 Å². The SMILES string of the molecule is CC(=O)Oc1ccccc1C(O)CC(F)(F)C(F)(F)C(F)(F)C(F)(F)C(F)(F)F. The molecule has 1 rings (SSSR count). The second-order valence-electron chi connectivity index (χ2n) is 5.78. The topological polar surface area (TPSA) is 46.5 Å². The van der Waals surface area contributed by atoms with Crippen LogP contribution in [0.2, 0.25) is 0 Å². The van der Waals surface area contributed by atoms with E-state index < -0.39 is 59.7 Å². The van der Waals surface area contributed by atoms with Gasteiger partial charge in [-0.3, -0.25) is 4.79 Å². The molecule has 1 atom stereocenters. The lowest BCUT2D eigenvalue weighted by Gasteiger charge is -2.37. The highest BCUT2D eigenvalue weighted by atomic mass is 19.4. The third-order valence-corrected chi connectivity index (χ3v) is 3.59. The van der Waals surface area contributed by atoms with Crippen LogP contribution in [0.5, 0.6) is 5.75 Å². The summed E-state index contributed by atoms with van der Waals surface area (Å²) in [5.74, 6) is -30.2. The van der Waals surface area contributed by atoms with Crippen LogP contribution in [0, 0.1) is 0 Å². The van der Waals surface area contributed by atoms with E-state index in [1.807, 2.05) is 0 Å². The summed E-state index contributed by atoms with van der Waals surface area (Å²) >= 11 is 0. The Labute approximate surface area is 155 Å². The number of rotatable bonds is 7. The van der Waals surface area contributed by atoms with Crippen LogP contribution in [0.3, 0.4) is 0 Å². The van der Waals surface area contributed by atoms with Crippen LogP contribution in [-0.2, 0) is 4.79 Å². The van der Waals surface area contributed by atoms with Crippen LogP contribution in [0.25, 0.3) is 0 Å². The molecular weight excluding hydrogens is 437 g/mol. The van der Waals surface area contributed by atoms with Crippen molar-refractivity contribution < 1.29 is 62.9 Å². The minimum Gasteiger partial charge on any atom is -0.426 e. The molecule has 0 saturated heterocycles. The molecule has 0 radical (unpaired) electrons. The van der Waals surface area contributed by atoms with Crippen molar-refractivity contribution in [2.45, 2.75) is 49.3 Å². The molecule has 0 aliphatic carbocycles. The van der Waals surface area contributed by atoms with Gasteiger partial charge in [0.2, 0.25) is 0 Å². The number of esters is 1. The second kappa shape index (κ2) is 7.61. The van der Waals surface area contributed by atoms with Crippen LogP contribution in [0.1, 0.15) is 25.0 Å². The van der Waals surface area contributed by atoms with Crippen LogP contribution in [0.15, 0.2) is 24.3 Å². The molecule has 0 aliphatic rings. The Morgan fingerprint density at radius 3 is 1.83 bits per heavy atom. The molecule has 1 N–H and O–H groups in total. The second-order valence-corrected chi connectivity index (χ2v) is 5.78. The molecule has 29 heavy (non-hydrogen) atoms. The molecule has 1 unspecified atom stereocenters. The Kier molecular flexibility index (Phi) is 6.54. The third kappa shape index (κ3) is 4.41. The zero-order valence-corrected chi connectivity index (χ0v) is 14.0. The van der Waals surface area contributed by atoms with Gasteiger partial charge in [0.15, 0.2) is 0 Å². The first kappa shape index (κ1) is 24.9. The standard InChI is InChI=1S/C15H11F11O3/c1-7(27)29-10-5-3-2-4-8(10)9(28)6-11(16,17)12(18,19)13(20,21)14(22,23)15(24,25)26/h2-5,9,28H,6H2,1H3. The molecule has 1 aromatic carbocycles. The summed E-state index contributed by atoms with van der Waals surface area (Å²) in [6.07, 6.45) is -12.8. The van der Waals surface area contributed by atoms with Gasteiger partial charge < -0.3 is 9.84 Å². The lowest BCUT2D eigenvalue weighted by Crippen LogP contribution is -2.66. The maximum Gasteiger partial charge on any atom is 0.460 e. The Morgan fingerprint density at radius 1 is 0.897 bits per heavy atom. The van der Waals surface area contributed by atoms with Crippen molar-refractivity contribution in [2.24, 2.45) is 0 Å². The maximum atomic E-state index is 13.7. The molecular formula is C15H11F11O3. The smallest absolute Gasteiger partial charge is 0.426 e. The normalized spacial score (nSPS) is 15.2. The van der Waals surface area contributed by atoms with E-state index in [1.54, 1.807) is 0 Å². The van der Waals surface area contributed by atoms with Gasteiger partial charge in [-0.25, -0.2) is 0 Å². The fourth-order valence-electron chi connectivity index (χ4n) is 2.09. The molecule has 0 bridgehead atoms. The summed E-state index contributed by atoms with van der Waals surface area (Å²) in [6, 6.07) is 3.80. The minimum absolute atomic E-state index is 0.654. The number of benzene rings is 1. The van der Waals surface area contributed by atoms with Gasteiger partial charge in [-0.2, -0.15) is 48.3 Å². The van der Waals surface area contributed by atoms with Gasteiger partial charge >= 0.3 is 35.8 Å². The molecule has 0 spiro atoms. The van der Waals surface area contributed by atoms with E-state index in [0.29, 0.717) is 0 Å². The van der Waals surface area contributed by atoms with Gasteiger partial charge in [-0.1, -0.05) is 18.2 Å². The van der Waals surface area contributed by atoms with Gasteiger partial charge in [0.05, 0.1) is 6.10 Å². The number of alkyl halides is 11. The largest absolute Gasteiger partial charge is 0.460 e. The summed E-state index contributed by atoms with van der Waals surface area (Å²) < 4.78 is 147. The van der Waals surface area contributed by atoms with Crippen molar-refractivity contribution in [1.82, 2.24) is 0 Å². The van der Waals surface area contributed by atoms with Crippen molar-refractivity contribution >= 4 is 5.97 Å². The summed E-state index contributed by atoms with van der Waals surface area (Å²) in [6.45, 7) is 0.825. The number of carbonyl (C=O) groups excluding carboxylic acids is 1. The lowest BCUT2D eigenvalue weighted by atomic mass is 9.92. The van der Waals surface area contributed by atoms with Gasteiger partial charge in [-0.05, 0) is 6.07 Å². The average molecular weight is 448 g/mol. The fraction of sp³-hybridized carbons (Fsp3) is 0.533. The highest BCUT2D eigenvalue weighted by Gasteiger charge is 2.87. The predicted molar refractivity (Wildman–Crippen MR) is 73.2 cm³/mol. The number of halogens is 11. The van der Waals surface area contributed by atoms with Crippen molar-refractivity contribution in [3.05, 3.63) is 29.8 Å². The Bertz CT molecular complexity index is 743. The lowest BCUT2D eigenvalue weighted by molar-refractivity contribution is -0.423. The zero-order chi connectivity index (χ0) is 23.1. The Hall–Kier alpha value is -2.12. The van der Waals surface area contributed by atoms with E-state index in [2.05, 4.69) is 4.74 Å². The van der Waals surface area contributed by atoms with E-state index in [-0.39, 0.29) is 0 Å². The number of ether oxygens (including phenoxy) is 1. The molecule has 3 nitrogen and oxygen atoms in total. The molecule has 0 aromatic heterocycles.